The number of nitrogens with zero attached hydrogens (tertiary/aromatic N) is 5. The van der Waals surface area contributed by atoms with Crippen molar-refractivity contribution in [2.45, 2.75) is 0 Å². The summed E-state index contributed by atoms with van der Waals surface area (Å²) in [5.41, 5.74) is 2.90. The summed E-state index contributed by atoms with van der Waals surface area (Å²) in [6, 6.07) is 12.8. The van der Waals surface area contributed by atoms with Gasteiger partial charge in [-0.3, -0.25) is 9.78 Å². The Morgan fingerprint density at radius 2 is 1.97 bits per heavy atom. The highest BCUT2D eigenvalue weighted by Crippen LogP contribution is 2.28. The number of carbonyl (C=O) groups is 1. The van der Waals surface area contributed by atoms with Crippen LogP contribution in [0.15, 0.2) is 61.1 Å². The molecule has 0 atom stereocenters. The summed E-state index contributed by atoms with van der Waals surface area (Å²) in [4.78, 5) is 24.0. The molecule has 0 radical (unpaired) electrons. The van der Waals surface area contributed by atoms with E-state index in [0.717, 1.165) is 5.56 Å². The molecule has 1 aromatic carbocycles. The molecule has 5 rings (SSSR count). The molecule has 1 amide bonds. The molecular formula is C22H19ClN6O2. The van der Waals surface area contributed by atoms with Gasteiger partial charge in [0.25, 0.3) is 5.91 Å². The zero-order valence-corrected chi connectivity index (χ0v) is 17.3. The second-order valence-electron chi connectivity index (χ2n) is 7.09. The number of amides is 1. The largest absolute Gasteiger partial charge is 0.378 e. The fourth-order valence-electron chi connectivity index (χ4n) is 3.51. The first-order valence-corrected chi connectivity index (χ1v) is 10.3. The van der Waals surface area contributed by atoms with E-state index < -0.39 is 0 Å². The molecule has 31 heavy (non-hydrogen) atoms. The van der Waals surface area contributed by atoms with Gasteiger partial charge in [0.2, 0.25) is 0 Å². The molecule has 4 aromatic rings. The molecule has 4 heterocycles. The Balaban J connectivity index is 1.61. The lowest BCUT2D eigenvalue weighted by molar-refractivity contribution is 0.102. The molecule has 1 aliphatic rings. The average Bonchev–Trinajstić information content (AvgIpc) is 3.24. The van der Waals surface area contributed by atoms with Crippen molar-refractivity contribution in [3.63, 3.8) is 0 Å². The normalized spacial score (nSPS) is 14.0. The topological polar surface area (TPSA) is 84.7 Å². The summed E-state index contributed by atoms with van der Waals surface area (Å²) in [7, 11) is 0. The summed E-state index contributed by atoms with van der Waals surface area (Å²) in [5.74, 6) is 0.404. The maximum Gasteiger partial charge on any atom is 0.259 e. The number of nitrogens with one attached hydrogen (secondary N) is 1. The Morgan fingerprint density at radius 1 is 1.13 bits per heavy atom. The molecular weight excluding hydrogens is 416 g/mol. The molecule has 0 saturated carbocycles. The van der Waals surface area contributed by atoms with Crippen molar-refractivity contribution in [2.24, 2.45) is 0 Å². The number of ether oxygens (including phenoxy) is 1. The molecule has 9 heteroatoms. The summed E-state index contributed by atoms with van der Waals surface area (Å²) in [5, 5.41) is 8.19. The van der Waals surface area contributed by atoms with Crippen LogP contribution in [0.2, 0.25) is 5.02 Å². The van der Waals surface area contributed by atoms with Crippen LogP contribution in [0, 0.1) is 0 Å². The Kier molecular flexibility index (Phi) is 5.23. The van der Waals surface area contributed by atoms with Crippen LogP contribution in [0.25, 0.3) is 16.9 Å². The number of morpholine rings is 1. The number of pyridine rings is 1. The average molecular weight is 435 g/mol. The second kappa shape index (κ2) is 8.33. The Labute approximate surface area is 183 Å². The monoisotopic (exact) mass is 434 g/mol. The molecule has 0 aliphatic carbocycles. The number of aromatic nitrogens is 4. The van der Waals surface area contributed by atoms with Gasteiger partial charge in [-0.15, -0.1) is 5.10 Å². The van der Waals surface area contributed by atoms with Gasteiger partial charge in [-0.05, 0) is 24.3 Å². The minimum absolute atomic E-state index is 0.286. The smallest absolute Gasteiger partial charge is 0.259 e. The lowest BCUT2D eigenvalue weighted by atomic mass is 10.2. The number of carbonyl (C=O) groups excluding carboxylic acids is 1. The standard InChI is InChI=1S/C22H19ClN6O2/c23-18-6-2-1-5-16(18)19-14-29-21(26-19)17(22(30)25-15-4-3-7-24-13-15)12-20(27-29)28-8-10-31-11-9-28/h1-7,12-14H,8-11H2,(H,25,30). The summed E-state index contributed by atoms with van der Waals surface area (Å²) in [6.45, 7) is 2.64. The Morgan fingerprint density at radius 3 is 2.74 bits per heavy atom. The molecule has 3 aromatic heterocycles. The van der Waals surface area contributed by atoms with Gasteiger partial charge in [0.05, 0.1) is 47.6 Å². The quantitative estimate of drug-likeness (QED) is 0.529. The molecule has 1 aliphatic heterocycles. The van der Waals surface area contributed by atoms with Crippen molar-refractivity contribution in [1.29, 1.82) is 0 Å². The van der Waals surface area contributed by atoms with Crippen molar-refractivity contribution in [3.8, 4) is 11.3 Å². The zero-order valence-electron chi connectivity index (χ0n) is 16.5. The van der Waals surface area contributed by atoms with E-state index in [-0.39, 0.29) is 5.91 Å². The van der Waals surface area contributed by atoms with Crippen molar-refractivity contribution >= 4 is 34.7 Å². The van der Waals surface area contributed by atoms with E-state index in [1.54, 1.807) is 41.3 Å². The first kappa shape index (κ1) is 19.5. The third-order valence-electron chi connectivity index (χ3n) is 5.06. The molecule has 8 nitrogen and oxygen atoms in total. The minimum Gasteiger partial charge on any atom is -0.378 e. The van der Waals surface area contributed by atoms with Crippen LogP contribution in [-0.2, 0) is 4.74 Å². The molecule has 1 N–H and O–H groups in total. The van der Waals surface area contributed by atoms with Crippen molar-refractivity contribution in [3.05, 3.63) is 71.6 Å². The van der Waals surface area contributed by atoms with Crippen LogP contribution in [0.4, 0.5) is 11.5 Å². The van der Waals surface area contributed by atoms with E-state index in [4.69, 9.17) is 21.4 Å². The Hall–Kier alpha value is -3.49. The fourth-order valence-corrected chi connectivity index (χ4v) is 3.74. The number of benzene rings is 1. The van der Waals surface area contributed by atoms with Gasteiger partial charge < -0.3 is 15.0 Å². The van der Waals surface area contributed by atoms with Gasteiger partial charge in [-0.25, -0.2) is 9.50 Å². The van der Waals surface area contributed by atoms with Crippen molar-refractivity contribution < 1.29 is 9.53 Å². The highest BCUT2D eigenvalue weighted by Gasteiger charge is 2.21. The fraction of sp³-hybridized carbons (Fsp3) is 0.182. The van der Waals surface area contributed by atoms with Crippen molar-refractivity contribution in [2.75, 3.05) is 36.5 Å². The van der Waals surface area contributed by atoms with Gasteiger partial charge in [0.1, 0.15) is 0 Å². The van der Waals surface area contributed by atoms with Crippen LogP contribution in [0.1, 0.15) is 10.4 Å². The molecule has 156 valence electrons. The molecule has 0 bridgehead atoms. The summed E-state index contributed by atoms with van der Waals surface area (Å²) >= 11 is 6.37. The summed E-state index contributed by atoms with van der Waals surface area (Å²) < 4.78 is 7.09. The second-order valence-corrected chi connectivity index (χ2v) is 7.49. The van der Waals surface area contributed by atoms with E-state index >= 15 is 0 Å². The predicted octanol–water partition coefficient (Wildman–Crippen LogP) is 3.53. The lowest BCUT2D eigenvalue weighted by Crippen LogP contribution is -2.37. The number of hydrogen-bond acceptors (Lipinski definition) is 6. The van der Waals surface area contributed by atoms with Gasteiger partial charge in [0, 0.05) is 24.8 Å². The SMILES string of the molecule is O=C(Nc1cccnc1)c1cc(N2CCOCC2)nn2cc(-c3ccccc3Cl)nc12. The first-order valence-electron chi connectivity index (χ1n) is 9.88. The third-order valence-corrected chi connectivity index (χ3v) is 5.39. The van der Waals surface area contributed by atoms with Crippen molar-refractivity contribution in [1.82, 2.24) is 19.6 Å². The van der Waals surface area contributed by atoms with E-state index in [1.165, 1.54) is 0 Å². The lowest BCUT2D eigenvalue weighted by Gasteiger charge is -2.27. The Bertz CT molecular complexity index is 1240. The van der Waals surface area contributed by atoms with Gasteiger partial charge in [-0.2, -0.15) is 0 Å². The minimum atomic E-state index is -0.286. The zero-order chi connectivity index (χ0) is 21.2. The number of rotatable bonds is 4. The maximum atomic E-state index is 13.2. The number of fused-ring (bicyclic) bond motifs is 1. The number of anilines is 2. The molecule has 1 saturated heterocycles. The van der Waals surface area contributed by atoms with E-state index in [1.807, 2.05) is 24.3 Å². The maximum absolute atomic E-state index is 13.2. The van der Waals surface area contributed by atoms with Gasteiger partial charge in [0.15, 0.2) is 11.5 Å². The highest BCUT2D eigenvalue weighted by atomic mass is 35.5. The molecule has 1 fully saturated rings. The van der Waals surface area contributed by atoms with Crippen LogP contribution >= 0.6 is 11.6 Å². The van der Waals surface area contributed by atoms with Crippen LogP contribution in [-0.4, -0.2) is 51.8 Å². The van der Waals surface area contributed by atoms with E-state index in [2.05, 4.69) is 20.2 Å². The van der Waals surface area contributed by atoms with E-state index in [9.17, 15) is 4.79 Å². The van der Waals surface area contributed by atoms with Crippen LogP contribution in [0.3, 0.4) is 0 Å². The third kappa shape index (κ3) is 3.95. The van der Waals surface area contributed by atoms with Crippen LogP contribution < -0.4 is 10.2 Å². The highest BCUT2D eigenvalue weighted by molar-refractivity contribution is 6.33. The van der Waals surface area contributed by atoms with Gasteiger partial charge >= 0.3 is 0 Å². The van der Waals surface area contributed by atoms with Gasteiger partial charge in [-0.1, -0.05) is 29.8 Å². The number of hydrogen-bond donors (Lipinski definition) is 1. The van der Waals surface area contributed by atoms with Crippen LogP contribution in [0.5, 0.6) is 0 Å². The molecule has 0 spiro atoms. The predicted molar refractivity (Wildman–Crippen MR) is 119 cm³/mol. The summed E-state index contributed by atoms with van der Waals surface area (Å²) in [6.07, 6.45) is 5.04. The first-order chi connectivity index (χ1) is 15.2. The molecule has 0 unspecified atom stereocenters. The number of imidazole rings is 1. The number of halogens is 1. The van der Waals surface area contributed by atoms with E-state index in [0.29, 0.717) is 59.7 Å².